The molecule has 6 nitrogen and oxygen atoms in total. The van der Waals surface area contributed by atoms with E-state index in [1.807, 2.05) is 0 Å². The third kappa shape index (κ3) is 5.35. The summed E-state index contributed by atoms with van der Waals surface area (Å²) in [5.41, 5.74) is 6.19. The van der Waals surface area contributed by atoms with Gasteiger partial charge in [0.2, 0.25) is 0 Å². The third-order valence-electron chi connectivity index (χ3n) is 3.10. The molecule has 0 saturated carbocycles. The lowest BCUT2D eigenvalue weighted by molar-refractivity contribution is -0.139. The van der Waals surface area contributed by atoms with Crippen molar-refractivity contribution in [3.63, 3.8) is 0 Å². The Morgan fingerprint density at radius 3 is 2.19 bits per heavy atom. The lowest BCUT2D eigenvalue weighted by Gasteiger charge is -2.14. The summed E-state index contributed by atoms with van der Waals surface area (Å²) >= 11 is 0. The van der Waals surface area contributed by atoms with Crippen molar-refractivity contribution in [2.75, 3.05) is 6.54 Å². The smallest absolute Gasteiger partial charge is 0.326 e. The summed E-state index contributed by atoms with van der Waals surface area (Å²) in [7, 11) is 0. The molecule has 4 N–H and O–H groups in total. The average molecular weight is 292 g/mol. The van der Waals surface area contributed by atoms with Gasteiger partial charge >= 0.3 is 5.97 Å². The number of nitrogens with two attached hydrogens (primary N) is 1. The van der Waals surface area contributed by atoms with E-state index in [9.17, 15) is 14.4 Å². The molecule has 1 atom stereocenters. The van der Waals surface area contributed by atoms with E-state index in [1.165, 1.54) is 19.1 Å². The number of rotatable bonds is 8. The van der Waals surface area contributed by atoms with Crippen LogP contribution in [0.25, 0.3) is 0 Å². The lowest BCUT2D eigenvalue weighted by Crippen LogP contribution is -2.40. The number of hydrogen-bond donors (Lipinski definition) is 3. The molecule has 0 radical (unpaired) electrons. The molecule has 0 aliphatic carbocycles. The first-order valence-electron chi connectivity index (χ1n) is 6.80. The average Bonchev–Trinajstić information content (AvgIpc) is 2.46. The second-order valence-electron chi connectivity index (χ2n) is 4.78. The molecular weight excluding hydrogens is 272 g/mol. The van der Waals surface area contributed by atoms with Crippen molar-refractivity contribution in [3.8, 4) is 0 Å². The van der Waals surface area contributed by atoms with Crippen LogP contribution in [0.1, 0.15) is 46.9 Å². The van der Waals surface area contributed by atoms with Gasteiger partial charge in [-0.05, 0) is 44.9 Å². The number of carbonyl (C=O) groups excluding carboxylic acids is 2. The number of carboxylic acids is 1. The molecule has 1 aromatic carbocycles. The molecule has 0 bridgehead atoms. The van der Waals surface area contributed by atoms with Gasteiger partial charge in [-0.3, -0.25) is 9.59 Å². The lowest BCUT2D eigenvalue weighted by atomic mass is 10.1. The monoisotopic (exact) mass is 292 g/mol. The van der Waals surface area contributed by atoms with Crippen LogP contribution in [0.2, 0.25) is 0 Å². The van der Waals surface area contributed by atoms with Gasteiger partial charge in [0.05, 0.1) is 0 Å². The predicted octanol–water partition coefficient (Wildman–Crippen LogP) is 1.20. The summed E-state index contributed by atoms with van der Waals surface area (Å²) in [6.07, 6.45) is 1.69. The van der Waals surface area contributed by atoms with Gasteiger partial charge in [-0.1, -0.05) is 12.1 Å². The number of ketones is 1. The molecule has 0 saturated heterocycles. The van der Waals surface area contributed by atoms with Gasteiger partial charge in [-0.15, -0.1) is 0 Å². The van der Waals surface area contributed by atoms with Crippen molar-refractivity contribution in [1.29, 1.82) is 0 Å². The second-order valence-corrected chi connectivity index (χ2v) is 4.78. The molecule has 0 unspecified atom stereocenters. The Morgan fingerprint density at radius 1 is 1.14 bits per heavy atom. The molecule has 114 valence electrons. The van der Waals surface area contributed by atoms with Crippen molar-refractivity contribution in [1.82, 2.24) is 5.32 Å². The van der Waals surface area contributed by atoms with E-state index in [4.69, 9.17) is 10.8 Å². The van der Waals surface area contributed by atoms with Gasteiger partial charge in [-0.2, -0.15) is 0 Å². The third-order valence-corrected chi connectivity index (χ3v) is 3.10. The first-order valence-corrected chi connectivity index (χ1v) is 6.80. The van der Waals surface area contributed by atoms with Gasteiger partial charge < -0.3 is 16.2 Å². The quantitative estimate of drug-likeness (QED) is 0.492. The first kappa shape index (κ1) is 16.8. The Morgan fingerprint density at radius 2 is 1.71 bits per heavy atom. The summed E-state index contributed by atoms with van der Waals surface area (Å²) in [6, 6.07) is 5.16. The number of benzene rings is 1. The second kappa shape index (κ2) is 8.16. The molecule has 1 rings (SSSR count). The maximum atomic E-state index is 12.0. The summed E-state index contributed by atoms with van der Waals surface area (Å²) < 4.78 is 0. The van der Waals surface area contributed by atoms with Gasteiger partial charge in [0.15, 0.2) is 5.78 Å². The van der Waals surface area contributed by atoms with Gasteiger partial charge in [0.25, 0.3) is 5.91 Å². The van der Waals surface area contributed by atoms with Crippen LogP contribution in [0.4, 0.5) is 0 Å². The number of hydrogen-bond acceptors (Lipinski definition) is 4. The zero-order valence-electron chi connectivity index (χ0n) is 12.0. The van der Waals surface area contributed by atoms with E-state index in [2.05, 4.69) is 5.32 Å². The maximum absolute atomic E-state index is 12.0. The Balaban J connectivity index is 2.68. The predicted molar refractivity (Wildman–Crippen MR) is 78.2 cm³/mol. The van der Waals surface area contributed by atoms with Crippen LogP contribution in [0, 0.1) is 0 Å². The minimum atomic E-state index is -1.07. The minimum absolute atomic E-state index is 0.0906. The number of nitrogens with one attached hydrogen (secondary N) is 1. The minimum Gasteiger partial charge on any atom is -0.480 e. The fourth-order valence-electron chi connectivity index (χ4n) is 1.85. The van der Waals surface area contributed by atoms with E-state index < -0.39 is 17.9 Å². The van der Waals surface area contributed by atoms with Crippen LogP contribution in [0.5, 0.6) is 0 Å². The Kier molecular flexibility index (Phi) is 6.55. The van der Waals surface area contributed by atoms with Crippen LogP contribution in [-0.4, -0.2) is 35.4 Å². The Labute approximate surface area is 123 Å². The summed E-state index contributed by atoms with van der Waals surface area (Å²) in [4.78, 5) is 34.3. The number of Topliss-reactive ketones (excluding diaryl/α,β-unsaturated/α-hetero) is 1. The number of amides is 1. The summed E-state index contributed by atoms with van der Waals surface area (Å²) in [5, 5.41) is 11.6. The summed E-state index contributed by atoms with van der Waals surface area (Å²) in [6.45, 7) is 1.93. The topological polar surface area (TPSA) is 109 Å². The molecule has 6 heteroatoms. The van der Waals surface area contributed by atoms with Crippen molar-refractivity contribution in [2.24, 2.45) is 5.73 Å². The summed E-state index contributed by atoms with van der Waals surface area (Å²) in [5.74, 6) is -1.63. The molecule has 0 spiro atoms. The molecule has 0 heterocycles. The standard InChI is InChI=1S/C15H20N2O4/c1-10(18)11-5-7-12(8-6-11)14(19)17-13(15(20)21)4-2-3-9-16/h5-8,13H,2-4,9,16H2,1H3,(H,17,19)(H,20,21)/t13-/m1/s1. The normalized spacial score (nSPS) is 11.7. The van der Waals surface area contributed by atoms with Crippen LogP contribution in [-0.2, 0) is 4.79 Å². The molecule has 0 aromatic heterocycles. The number of carbonyl (C=O) groups is 3. The molecule has 0 aliphatic heterocycles. The van der Waals surface area contributed by atoms with Crippen LogP contribution in [0.3, 0.4) is 0 Å². The Bertz CT molecular complexity index is 511. The van der Waals surface area contributed by atoms with E-state index in [0.717, 1.165) is 0 Å². The van der Waals surface area contributed by atoms with Crippen molar-refractivity contribution in [2.45, 2.75) is 32.2 Å². The van der Waals surface area contributed by atoms with Crippen molar-refractivity contribution in [3.05, 3.63) is 35.4 Å². The fourth-order valence-corrected chi connectivity index (χ4v) is 1.85. The molecule has 1 aromatic rings. The highest BCUT2D eigenvalue weighted by Crippen LogP contribution is 2.07. The van der Waals surface area contributed by atoms with Crippen LogP contribution >= 0.6 is 0 Å². The highest BCUT2D eigenvalue weighted by molar-refractivity contribution is 5.98. The van der Waals surface area contributed by atoms with Gasteiger partial charge in [0, 0.05) is 11.1 Å². The van der Waals surface area contributed by atoms with Crippen molar-refractivity contribution < 1.29 is 19.5 Å². The highest BCUT2D eigenvalue weighted by Gasteiger charge is 2.20. The molecule has 0 aliphatic rings. The first-order chi connectivity index (χ1) is 9.95. The van der Waals surface area contributed by atoms with E-state index in [0.29, 0.717) is 36.9 Å². The zero-order valence-corrected chi connectivity index (χ0v) is 12.0. The zero-order chi connectivity index (χ0) is 15.8. The van der Waals surface area contributed by atoms with Gasteiger partial charge in [-0.25, -0.2) is 4.79 Å². The van der Waals surface area contributed by atoms with Gasteiger partial charge in [0.1, 0.15) is 6.04 Å². The van der Waals surface area contributed by atoms with Crippen LogP contribution in [0.15, 0.2) is 24.3 Å². The largest absolute Gasteiger partial charge is 0.480 e. The molecule has 0 fully saturated rings. The maximum Gasteiger partial charge on any atom is 0.326 e. The van der Waals surface area contributed by atoms with Crippen LogP contribution < -0.4 is 11.1 Å². The van der Waals surface area contributed by atoms with E-state index in [1.54, 1.807) is 12.1 Å². The van der Waals surface area contributed by atoms with E-state index in [-0.39, 0.29) is 5.78 Å². The Hall–Kier alpha value is -2.21. The van der Waals surface area contributed by atoms with Crippen molar-refractivity contribution >= 4 is 17.7 Å². The number of unbranched alkanes of at least 4 members (excludes halogenated alkanes) is 1. The SMILES string of the molecule is CC(=O)c1ccc(C(=O)N[C@H](CCCCN)C(=O)O)cc1. The molecule has 1 amide bonds. The highest BCUT2D eigenvalue weighted by atomic mass is 16.4. The number of carboxylic acid groups (broad SMARTS) is 1. The fraction of sp³-hybridized carbons (Fsp3) is 0.400. The molecule has 21 heavy (non-hydrogen) atoms. The van der Waals surface area contributed by atoms with E-state index >= 15 is 0 Å². The molecular formula is C15H20N2O4. The number of aliphatic carboxylic acids is 1.